The van der Waals surface area contributed by atoms with Crippen LogP contribution in [0.15, 0.2) is 36.4 Å². The number of hydrogen-bond acceptors (Lipinski definition) is 9. The van der Waals surface area contributed by atoms with Gasteiger partial charge in [0.25, 0.3) is 0 Å². The molecule has 5 rings (SSSR count). The summed E-state index contributed by atoms with van der Waals surface area (Å²) >= 11 is 0. The summed E-state index contributed by atoms with van der Waals surface area (Å²) in [5, 5.41) is 18.9. The lowest BCUT2D eigenvalue weighted by molar-refractivity contribution is 0.122. The monoisotopic (exact) mass is 515 g/mol. The van der Waals surface area contributed by atoms with Crippen LogP contribution in [0.2, 0.25) is 0 Å². The first-order chi connectivity index (χ1) is 18.4. The Morgan fingerprint density at radius 1 is 1.08 bits per heavy atom. The van der Waals surface area contributed by atoms with Crippen molar-refractivity contribution in [1.29, 1.82) is 5.26 Å². The van der Waals surface area contributed by atoms with Crippen molar-refractivity contribution in [1.82, 2.24) is 24.5 Å². The lowest BCUT2D eigenvalue weighted by Crippen LogP contribution is -2.47. The van der Waals surface area contributed by atoms with Crippen molar-refractivity contribution >= 4 is 22.5 Å². The van der Waals surface area contributed by atoms with Gasteiger partial charge in [-0.25, -0.2) is 9.97 Å². The van der Waals surface area contributed by atoms with E-state index in [0.29, 0.717) is 35.2 Å². The molecule has 0 aliphatic carbocycles. The number of nitrogens with zero attached hydrogens (tertiary/aromatic N) is 6. The molecule has 1 N–H and O–H groups in total. The number of rotatable bonds is 8. The van der Waals surface area contributed by atoms with E-state index < -0.39 is 5.54 Å². The smallest absolute Gasteiger partial charge is 0.226 e. The molecule has 10 heteroatoms. The van der Waals surface area contributed by atoms with Gasteiger partial charge in [-0.3, -0.25) is 4.90 Å². The second-order valence-corrected chi connectivity index (χ2v) is 9.98. The van der Waals surface area contributed by atoms with Crippen LogP contribution in [0.4, 0.5) is 5.95 Å². The minimum atomic E-state index is -0.538. The van der Waals surface area contributed by atoms with Crippen molar-refractivity contribution in [2.45, 2.75) is 44.7 Å². The first-order valence-corrected chi connectivity index (χ1v) is 12.7. The summed E-state index contributed by atoms with van der Waals surface area (Å²) in [6.45, 7) is 6.01. The minimum Gasteiger partial charge on any atom is -0.497 e. The fourth-order valence-corrected chi connectivity index (χ4v) is 5.01. The van der Waals surface area contributed by atoms with Crippen LogP contribution in [0.25, 0.3) is 16.6 Å². The van der Waals surface area contributed by atoms with Gasteiger partial charge in [0.05, 0.1) is 27.4 Å². The van der Waals surface area contributed by atoms with E-state index in [2.05, 4.69) is 16.3 Å². The van der Waals surface area contributed by atoms with Crippen molar-refractivity contribution < 1.29 is 14.2 Å². The maximum absolute atomic E-state index is 9.67. The predicted octanol–water partition coefficient (Wildman–Crippen LogP) is 4.40. The molecule has 4 aromatic rings. The van der Waals surface area contributed by atoms with E-state index in [1.54, 1.807) is 25.8 Å². The summed E-state index contributed by atoms with van der Waals surface area (Å²) in [7, 11) is 4.91. The third-order valence-corrected chi connectivity index (χ3v) is 7.28. The van der Waals surface area contributed by atoms with Crippen molar-refractivity contribution in [3.8, 4) is 23.3 Å². The molecule has 38 heavy (non-hydrogen) atoms. The van der Waals surface area contributed by atoms with E-state index in [-0.39, 0.29) is 5.92 Å². The van der Waals surface area contributed by atoms with Crippen LogP contribution in [0, 0.1) is 11.3 Å². The maximum Gasteiger partial charge on any atom is 0.226 e. The molecule has 10 nitrogen and oxygen atoms in total. The highest BCUT2D eigenvalue weighted by Gasteiger charge is 2.33. The zero-order chi connectivity index (χ0) is 26.9. The molecule has 0 radical (unpaired) electrons. The van der Waals surface area contributed by atoms with Crippen molar-refractivity contribution in [3.05, 3.63) is 47.8 Å². The van der Waals surface area contributed by atoms with Gasteiger partial charge in [-0.15, -0.1) is 5.10 Å². The Labute approximate surface area is 222 Å². The molecular weight excluding hydrogens is 482 g/mol. The Morgan fingerprint density at radius 2 is 1.89 bits per heavy atom. The lowest BCUT2D eigenvalue weighted by Gasteiger charge is -2.38. The summed E-state index contributed by atoms with van der Waals surface area (Å²) in [5.74, 6) is 3.53. The molecule has 0 bridgehead atoms. The van der Waals surface area contributed by atoms with Crippen LogP contribution in [0.5, 0.6) is 17.2 Å². The molecule has 0 amide bonds. The van der Waals surface area contributed by atoms with Gasteiger partial charge >= 0.3 is 0 Å². The van der Waals surface area contributed by atoms with E-state index in [4.69, 9.17) is 29.3 Å². The minimum absolute atomic E-state index is 0.117. The third kappa shape index (κ3) is 4.65. The van der Waals surface area contributed by atoms with Gasteiger partial charge in [-0.05, 0) is 57.5 Å². The number of ether oxygens (including phenoxy) is 3. The van der Waals surface area contributed by atoms with Gasteiger partial charge in [-0.1, -0.05) is 6.07 Å². The largest absolute Gasteiger partial charge is 0.497 e. The summed E-state index contributed by atoms with van der Waals surface area (Å²) in [6.07, 6.45) is 1.95. The van der Waals surface area contributed by atoms with E-state index in [1.807, 2.05) is 50.2 Å². The van der Waals surface area contributed by atoms with Gasteiger partial charge in [0, 0.05) is 36.0 Å². The quantitative estimate of drug-likeness (QED) is 0.365. The molecule has 0 unspecified atom stereocenters. The SMILES string of the molecule is COc1ccc(CNc2nc3c(OC)cccc3c3nc([C@@H]4CCCN(C(C)(C)C#N)C4)nn23)c(OC)c1. The number of aromatic nitrogens is 4. The highest BCUT2D eigenvalue weighted by atomic mass is 16.5. The number of piperidine rings is 1. The number of likely N-dealkylation sites (tertiary alicyclic amines) is 1. The summed E-state index contributed by atoms with van der Waals surface area (Å²) in [6, 6.07) is 14.0. The Kier molecular flexibility index (Phi) is 6.95. The number of methoxy groups -OCH3 is 3. The van der Waals surface area contributed by atoms with Gasteiger partial charge in [0.1, 0.15) is 28.3 Å². The second-order valence-electron chi connectivity index (χ2n) is 9.98. The van der Waals surface area contributed by atoms with Crippen molar-refractivity contribution in [2.75, 3.05) is 39.7 Å². The van der Waals surface area contributed by atoms with E-state index in [1.165, 1.54) is 0 Å². The average Bonchev–Trinajstić information content (AvgIpc) is 3.41. The van der Waals surface area contributed by atoms with Crippen LogP contribution in [-0.4, -0.2) is 64.4 Å². The third-order valence-electron chi connectivity index (χ3n) is 7.28. The Bertz CT molecular complexity index is 1510. The molecule has 2 aromatic heterocycles. The van der Waals surface area contributed by atoms with Crippen LogP contribution >= 0.6 is 0 Å². The van der Waals surface area contributed by atoms with Crippen LogP contribution in [0.3, 0.4) is 0 Å². The number of para-hydroxylation sites is 1. The average molecular weight is 516 g/mol. The van der Waals surface area contributed by atoms with Crippen molar-refractivity contribution in [3.63, 3.8) is 0 Å². The van der Waals surface area contributed by atoms with Gasteiger partial charge in [0.15, 0.2) is 11.5 Å². The molecule has 2 aromatic carbocycles. The topological polar surface area (TPSA) is 110 Å². The van der Waals surface area contributed by atoms with Gasteiger partial charge in [0.2, 0.25) is 5.95 Å². The molecule has 1 aliphatic heterocycles. The fraction of sp³-hybridized carbons (Fsp3) is 0.429. The molecule has 0 saturated carbocycles. The molecule has 1 saturated heterocycles. The Balaban J connectivity index is 1.56. The van der Waals surface area contributed by atoms with E-state index >= 15 is 0 Å². The zero-order valence-corrected chi connectivity index (χ0v) is 22.5. The predicted molar refractivity (Wildman–Crippen MR) is 145 cm³/mol. The Hall–Kier alpha value is -4.10. The van der Waals surface area contributed by atoms with E-state index in [0.717, 1.165) is 48.5 Å². The standard InChI is InChI=1S/C28H33N7O3/c1-28(2,17-29)34-13-7-8-19(16-34)25-32-26-21-9-6-10-22(37-4)24(21)31-27(35(26)33-25)30-15-18-11-12-20(36-3)14-23(18)38-5/h6,9-12,14,19H,7-8,13,15-16H2,1-5H3,(H,30,31)/t19-/m1/s1. The molecule has 198 valence electrons. The molecule has 1 aliphatic rings. The molecule has 1 atom stereocenters. The zero-order valence-electron chi connectivity index (χ0n) is 22.5. The highest BCUT2D eigenvalue weighted by molar-refractivity contribution is 5.96. The summed E-state index contributed by atoms with van der Waals surface area (Å²) < 4.78 is 18.3. The lowest BCUT2D eigenvalue weighted by atomic mass is 9.93. The molecule has 3 heterocycles. The van der Waals surface area contributed by atoms with Crippen LogP contribution in [0.1, 0.15) is 44.0 Å². The van der Waals surface area contributed by atoms with Crippen LogP contribution < -0.4 is 19.5 Å². The van der Waals surface area contributed by atoms with Gasteiger partial charge < -0.3 is 19.5 Å². The second kappa shape index (κ2) is 10.3. The summed E-state index contributed by atoms with van der Waals surface area (Å²) in [4.78, 5) is 12.2. The van der Waals surface area contributed by atoms with Crippen molar-refractivity contribution in [2.24, 2.45) is 0 Å². The van der Waals surface area contributed by atoms with E-state index in [9.17, 15) is 5.26 Å². The Morgan fingerprint density at radius 3 is 2.63 bits per heavy atom. The summed E-state index contributed by atoms with van der Waals surface area (Å²) in [5.41, 5.74) is 1.83. The number of anilines is 1. The molecule has 1 fully saturated rings. The number of hydrogen-bond donors (Lipinski definition) is 1. The molecular formula is C28H33N7O3. The maximum atomic E-state index is 9.67. The number of nitrogens with one attached hydrogen (secondary N) is 1. The first-order valence-electron chi connectivity index (χ1n) is 12.7. The number of fused-ring (bicyclic) bond motifs is 3. The first kappa shape index (κ1) is 25.5. The number of benzene rings is 2. The fourth-order valence-electron chi connectivity index (χ4n) is 5.01. The highest BCUT2D eigenvalue weighted by Crippen LogP contribution is 2.33. The molecule has 0 spiro atoms. The number of nitriles is 1. The normalized spacial score (nSPS) is 16.4. The van der Waals surface area contributed by atoms with Gasteiger partial charge in [-0.2, -0.15) is 9.78 Å². The van der Waals surface area contributed by atoms with Crippen LogP contribution in [-0.2, 0) is 6.54 Å².